The van der Waals surface area contributed by atoms with Gasteiger partial charge >= 0.3 is 5.97 Å². The number of carbonyl (C=O) groups excluding carboxylic acids is 2. The molecule has 1 N–H and O–H groups in total. The minimum absolute atomic E-state index is 0.101. The zero-order valence-electron chi connectivity index (χ0n) is 16.1. The van der Waals surface area contributed by atoms with Crippen LogP contribution in [0.15, 0.2) is 38.4 Å². The summed E-state index contributed by atoms with van der Waals surface area (Å²) in [6.45, 7) is 2.07. The SMILES string of the molecule is CCOC(=O)c1c(NC(=O)CSc2noc(-c3ccc(Br)cc3)n2)sc2c1CCC2. The van der Waals surface area contributed by atoms with Crippen LogP contribution in [0.3, 0.4) is 0 Å². The van der Waals surface area contributed by atoms with Crippen LogP contribution in [0.2, 0.25) is 0 Å². The van der Waals surface area contributed by atoms with E-state index in [-0.39, 0.29) is 17.6 Å². The van der Waals surface area contributed by atoms with Crippen LogP contribution in [0.25, 0.3) is 11.5 Å². The number of hydrogen-bond donors (Lipinski definition) is 1. The number of carbonyl (C=O) groups is 2. The molecule has 156 valence electrons. The maximum absolute atomic E-state index is 12.5. The molecule has 3 aromatic rings. The minimum Gasteiger partial charge on any atom is -0.462 e. The molecule has 0 atom stereocenters. The van der Waals surface area contributed by atoms with Crippen molar-refractivity contribution in [1.82, 2.24) is 10.1 Å². The molecule has 2 heterocycles. The van der Waals surface area contributed by atoms with Crippen LogP contribution >= 0.6 is 39.0 Å². The van der Waals surface area contributed by atoms with Crippen molar-refractivity contribution in [3.63, 3.8) is 0 Å². The van der Waals surface area contributed by atoms with Gasteiger partial charge in [-0.3, -0.25) is 4.79 Å². The van der Waals surface area contributed by atoms with Crippen molar-refractivity contribution >= 4 is 55.9 Å². The Balaban J connectivity index is 1.40. The van der Waals surface area contributed by atoms with Gasteiger partial charge in [0.05, 0.1) is 17.9 Å². The number of thiophene rings is 1. The van der Waals surface area contributed by atoms with E-state index >= 15 is 0 Å². The highest BCUT2D eigenvalue weighted by atomic mass is 79.9. The van der Waals surface area contributed by atoms with Crippen molar-refractivity contribution in [2.75, 3.05) is 17.7 Å². The summed E-state index contributed by atoms with van der Waals surface area (Å²) in [5, 5.41) is 7.72. The predicted octanol–water partition coefficient (Wildman–Crippen LogP) is 4.96. The van der Waals surface area contributed by atoms with E-state index in [4.69, 9.17) is 9.26 Å². The number of aromatic nitrogens is 2. The molecule has 0 fully saturated rings. The summed E-state index contributed by atoms with van der Waals surface area (Å²) in [5.74, 6) is -0.119. The quantitative estimate of drug-likeness (QED) is 0.356. The molecule has 0 saturated carbocycles. The van der Waals surface area contributed by atoms with Gasteiger partial charge in [0.25, 0.3) is 5.89 Å². The second kappa shape index (κ2) is 9.32. The molecule has 1 aliphatic carbocycles. The Labute approximate surface area is 189 Å². The average Bonchev–Trinajstić information content (AvgIpc) is 3.43. The van der Waals surface area contributed by atoms with Gasteiger partial charge in [0.15, 0.2) is 0 Å². The van der Waals surface area contributed by atoms with E-state index in [0.29, 0.717) is 28.2 Å². The zero-order chi connectivity index (χ0) is 21.1. The maximum Gasteiger partial charge on any atom is 0.341 e. The Morgan fingerprint density at radius 2 is 2.10 bits per heavy atom. The largest absolute Gasteiger partial charge is 0.462 e. The molecular formula is C20H18BrN3O4S2. The molecule has 1 aliphatic rings. The number of halogens is 1. The van der Waals surface area contributed by atoms with E-state index in [9.17, 15) is 9.59 Å². The molecule has 0 bridgehead atoms. The first-order valence-corrected chi connectivity index (χ1v) is 12.0. The van der Waals surface area contributed by atoms with Crippen LogP contribution in [0.5, 0.6) is 0 Å². The Hall–Kier alpha value is -2.17. The van der Waals surface area contributed by atoms with Gasteiger partial charge in [0, 0.05) is 14.9 Å². The summed E-state index contributed by atoms with van der Waals surface area (Å²) in [4.78, 5) is 30.4. The number of hydrogen-bond acceptors (Lipinski definition) is 8. The van der Waals surface area contributed by atoms with Gasteiger partial charge in [0.1, 0.15) is 5.00 Å². The van der Waals surface area contributed by atoms with Gasteiger partial charge in [-0.25, -0.2) is 4.79 Å². The second-order valence-corrected chi connectivity index (χ2v) is 9.47. The summed E-state index contributed by atoms with van der Waals surface area (Å²) < 4.78 is 11.4. The highest BCUT2D eigenvalue weighted by Gasteiger charge is 2.28. The summed E-state index contributed by atoms with van der Waals surface area (Å²) in [5.41, 5.74) is 2.32. The molecule has 7 nitrogen and oxygen atoms in total. The molecule has 2 aromatic heterocycles. The first-order valence-electron chi connectivity index (χ1n) is 9.39. The first kappa shape index (κ1) is 21.1. The van der Waals surface area contributed by atoms with E-state index < -0.39 is 0 Å². The summed E-state index contributed by atoms with van der Waals surface area (Å²) >= 11 is 6.02. The van der Waals surface area contributed by atoms with Gasteiger partial charge < -0.3 is 14.6 Å². The molecule has 0 saturated heterocycles. The smallest absolute Gasteiger partial charge is 0.341 e. The van der Waals surface area contributed by atoms with E-state index in [1.165, 1.54) is 23.1 Å². The number of rotatable bonds is 7. The van der Waals surface area contributed by atoms with Crippen molar-refractivity contribution in [3.8, 4) is 11.5 Å². The number of benzene rings is 1. The molecule has 0 unspecified atom stereocenters. The van der Waals surface area contributed by atoms with Crippen LogP contribution in [0.1, 0.15) is 34.1 Å². The van der Waals surface area contributed by atoms with Crippen molar-refractivity contribution in [2.24, 2.45) is 0 Å². The lowest BCUT2D eigenvalue weighted by Crippen LogP contribution is -2.16. The minimum atomic E-state index is -0.378. The lowest BCUT2D eigenvalue weighted by Gasteiger charge is -2.07. The number of nitrogens with one attached hydrogen (secondary N) is 1. The Bertz CT molecular complexity index is 1080. The van der Waals surface area contributed by atoms with Crippen LogP contribution < -0.4 is 5.32 Å². The normalized spacial score (nSPS) is 12.6. The topological polar surface area (TPSA) is 94.3 Å². The number of fused-ring (bicyclic) bond motifs is 1. The summed E-state index contributed by atoms with van der Waals surface area (Å²) in [7, 11) is 0. The Morgan fingerprint density at radius 1 is 1.30 bits per heavy atom. The first-order chi connectivity index (χ1) is 14.5. The highest BCUT2D eigenvalue weighted by Crippen LogP contribution is 2.39. The fourth-order valence-electron chi connectivity index (χ4n) is 3.18. The number of nitrogens with zero attached hydrogens (tertiary/aromatic N) is 2. The monoisotopic (exact) mass is 507 g/mol. The molecule has 10 heteroatoms. The second-order valence-electron chi connectivity index (χ2n) is 6.51. The highest BCUT2D eigenvalue weighted by molar-refractivity contribution is 9.10. The average molecular weight is 508 g/mol. The van der Waals surface area contributed by atoms with Gasteiger partial charge in [-0.05, 0) is 61.2 Å². The van der Waals surface area contributed by atoms with Crippen molar-refractivity contribution in [1.29, 1.82) is 0 Å². The molecule has 0 spiro atoms. The van der Waals surface area contributed by atoms with Gasteiger partial charge in [-0.15, -0.1) is 11.3 Å². The molecule has 4 rings (SSSR count). The number of anilines is 1. The number of ether oxygens (including phenoxy) is 1. The molecule has 0 radical (unpaired) electrons. The predicted molar refractivity (Wildman–Crippen MR) is 119 cm³/mol. The Morgan fingerprint density at radius 3 is 2.87 bits per heavy atom. The number of amides is 1. The maximum atomic E-state index is 12.5. The van der Waals surface area contributed by atoms with Crippen LogP contribution in [0.4, 0.5) is 5.00 Å². The van der Waals surface area contributed by atoms with Crippen LogP contribution in [-0.4, -0.2) is 34.4 Å². The van der Waals surface area contributed by atoms with Crippen LogP contribution in [0, 0.1) is 0 Å². The lowest BCUT2D eigenvalue weighted by atomic mass is 10.1. The van der Waals surface area contributed by atoms with Crippen LogP contribution in [-0.2, 0) is 22.4 Å². The molecular weight excluding hydrogens is 490 g/mol. The van der Waals surface area contributed by atoms with E-state index in [2.05, 4.69) is 31.4 Å². The number of aryl methyl sites for hydroxylation is 1. The lowest BCUT2D eigenvalue weighted by molar-refractivity contribution is -0.113. The molecule has 1 amide bonds. The third kappa shape index (κ3) is 4.60. The van der Waals surface area contributed by atoms with E-state index in [1.807, 2.05) is 24.3 Å². The molecule has 0 aliphatic heterocycles. The van der Waals surface area contributed by atoms with Gasteiger partial charge in [-0.2, -0.15) is 4.98 Å². The summed E-state index contributed by atoms with van der Waals surface area (Å²) in [6.07, 6.45) is 2.79. The fraction of sp³-hybridized carbons (Fsp3) is 0.300. The third-order valence-electron chi connectivity index (χ3n) is 4.48. The van der Waals surface area contributed by atoms with Crippen molar-refractivity contribution < 1.29 is 18.8 Å². The fourth-order valence-corrected chi connectivity index (χ4v) is 5.31. The van der Waals surface area contributed by atoms with Crippen molar-refractivity contribution in [2.45, 2.75) is 31.3 Å². The van der Waals surface area contributed by atoms with E-state index in [0.717, 1.165) is 39.7 Å². The van der Waals surface area contributed by atoms with Gasteiger partial charge in [0.2, 0.25) is 11.1 Å². The standard InChI is InChI=1S/C20H18BrN3O4S2/c1-2-27-19(26)16-13-4-3-5-14(13)30-18(16)22-15(25)10-29-20-23-17(28-24-20)11-6-8-12(21)9-7-11/h6-9H,2-5,10H2,1H3,(H,22,25). The number of esters is 1. The third-order valence-corrected chi connectivity index (χ3v) is 7.05. The van der Waals surface area contributed by atoms with Gasteiger partial charge in [-0.1, -0.05) is 27.7 Å². The zero-order valence-corrected chi connectivity index (χ0v) is 19.3. The summed E-state index contributed by atoms with van der Waals surface area (Å²) in [6, 6.07) is 7.51. The number of thioether (sulfide) groups is 1. The molecule has 30 heavy (non-hydrogen) atoms. The Kier molecular flexibility index (Phi) is 6.55. The molecule has 1 aromatic carbocycles. The van der Waals surface area contributed by atoms with Crippen molar-refractivity contribution in [3.05, 3.63) is 44.7 Å². The van der Waals surface area contributed by atoms with E-state index in [1.54, 1.807) is 6.92 Å².